The number of aliphatic hydroxyl groups excluding tert-OH is 1. The molecule has 0 aliphatic heterocycles. The topological polar surface area (TPSA) is 303 Å². The summed E-state index contributed by atoms with van der Waals surface area (Å²) in [6, 6.07) is 13.5. The molecule has 0 spiro atoms. The maximum absolute atomic E-state index is 13.2. The van der Waals surface area contributed by atoms with Crippen LogP contribution in [0.2, 0.25) is 5.02 Å². The smallest absolute Gasteiger partial charge is 0.289 e. The molecule has 0 saturated carbocycles. The molecule has 0 fully saturated rings. The molecule has 312 valence electrons. The number of nitrogens with two attached hydrogens (primary N) is 3. The van der Waals surface area contributed by atoms with Gasteiger partial charge < -0.3 is 54.2 Å². The van der Waals surface area contributed by atoms with Crippen LogP contribution in [-0.2, 0) is 35.2 Å². The number of hydrogen-bond acceptors (Lipinski definition) is 12. The lowest BCUT2D eigenvalue weighted by Gasteiger charge is -2.26. The van der Waals surface area contributed by atoms with Crippen LogP contribution in [0.5, 0.6) is 0 Å². The molecule has 3 aromatic rings. The predicted molar refractivity (Wildman–Crippen MR) is 215 cm³/mol. The van der Waals surface area contributed by atoms with Crippen LogP contribution < -0.4 is 49.1 Å². The normalized spacial score (nSPS) is 14.0. The van der Waals surface area contributed by atoms with E-state index in [9.17, 15) is 38.7 Å². The highest BCUT2D eigenvalue weighted by Gasteiger charge is 2.33. The zero-order valence-corrected chi connectivity index (χ0v) is 33.0. The number of ketones is 1. The van der Waals surface area contributed by atoms with Crippen molar-refractivity contribution in [3.05, 3.63) is 89.2 Å². The summed E-state index contributed by atoms with van der Waals surface area (Å²) in [7, 11) is 0. The first-order chi connectivity index (χ1) is 27.6. The number of rotatable bonds is 22. The van der Waals surface area contributed by atoms with Crippen LogP contribution in [0.3, 0.4) is 0 Å². The Balaban J connectivity index is 1.56. The van der Waals surface area contributed by atoms with E-state index in [0.29, 0.717) is 36.5 Å². The van der Waals surface area contributed by atoms with Crippen molar-refractivity contribution in [3.8, 4) is 11.1 Å². The van der Waals surface area contributed by atoms with Gasteiger partial charge in [-0.2, -0.15) is 0 Å². The van der Waals surface area contributed by atoms with Crippen molar-refractivity contribution in [1.29, 1.82) is 0 Å². The summed E-state index contributed by atoms with van der Waals surface area (Å²) in [6.07, 6.45) is -0.354. The molecule has 0 unspecified atom stereocenters. The Morgan fingerprint density at radius 2 is 1.38 bits per heavy atom. The van der Waals surface area contributed by atoms with Crippen LogP contribution >= 0.6 is 11.6 Å². The van der Waals surface area contributed by atoms with Crippen LogP contribution in [0.25, 0.3) is 11.1 Å². The second-order valence-electron chi connectivity index (χ2n) is 13.3. The van der Waals surface area contributed by atoms with Gasteiger partial charge in [0.15, 0.2) is 6.17 Å². The van der Waals surface area contributed by atoms with Gasteiger partial charge in [-0.25, -0.2) is 0 Å². The molecule has 2 aromatic carbocycles. The Labute approximate surface area is 340 Å². The number of halogens is 1. The van der Waals surface area contributed by atoms with E-state index in [4.69, 9.17) is 28.8 Å². The minimum atomic E-state index is -1.78. The van der Waals surface area contributed by atoms with E-state index in [1.54, 1.807) is 60.8 Å². The lowest BCUT2D eigenvalue weighted by Crippen LogP contribution is -2.63. The van der Waals surface area contributed by atoms with Gasteiger partial charge in [-0.1, -0.05) is 41.9 Å². The Kier molecular flexibility index (Phi) is 18.8. The fourth-order valence-electron chi connectivity index (χ4n) is 5.43. The molecule has 13 N–H and O–H groups in total. The Morgan fingerprint density at radius 3 is 1.97 bits per heavy atom. The number of nitrogens with zero attached hydrogens (tertiary/aromatic N) is 1. The molecule has 0 bridgehead atoms. The largest absolute Gasteiger partial charge is 0.391 e. The van der Waals surface area contributed by atoms with E-state index in [1.165, 1.54) is 13.8 Å². The van der Waals surface area contributed by atoms with Crippen LogP contribution in [0, 0.1) is 0 Å². The Hall–Kier alpha value is -5.79. The van der Waals surface area contributed by atoms with Crippen molar-refractivity contribution >= 4 is 52.8 Å². The maximum Gasteiger partial charge on any atom is 0.289 e. The molecular formula is C39H51ClN10O8. The first-order valence-electron chi connectivity index (χ1n) is 18.6. The molecule has 0 saturated heterocycles. The fourth-order valence-corrected chi connectivity index (χ4v) is 5.56. The van der Waals surface area contributed by atoms with Crippen LogP contribution in [-0.4, -0.2) is 107 Å². The van der Waals surface area contributed by atoms with E-state index in [1.807, 2.05) is 12.1 Å². The average molecular weight is 823 g/mol. The number of unbranched alkanes of at least 4 members (excludes halogenated alkanes) is 1. The molecule has 18 nitrogen and oxygen atoms in total. The number of benzene rings is 2. The standard InChI is InChI=1S/C39H51ClN10O8/c1-22(32(52)38(57)45-20-17-28-7-4-6-19-44-28)46-35(54)29(8-3-5-18-41)47-39(58)33(43)50-37(56)31(23(2)51)49-36(55)30(21-42)48-34(53)26-11-9-24(10-12-26)25-13-15-27(40)16-14-25/h4,6-7,9-16,19,22-23,29-31,33,51H,3,5,8,17-18,20-21,41-43H2,1-2H3,(H,45,57)(H,46,54)(H,47,58)(H,48,53)(H,49,55)(H,50,56)/t22-,23+,29-,30-,31-,33+/m0/s1. The molecule has 6 amide bonds. The number of nitrogens with one attached hydrogen (secondary N) is 6. The van der Waals surface area contributed by atoms with Crippen molar-refractivity contribution < 1.29 is 38.7 Å². The highest BCUT2D eigenvalue weighted by molar-refractivity contribution is 6.38. The van der Waals surface area contributed by atoms with Gasteiger partial charge in [0.05, 0.1) is 12.1 Å². The predicted octanol–water partition coefficient (Wildman–Crippen LogP) is -1.23. The Morgan fingerprint density at radius 1 is 0.741 bits per heavy atom. The van der Waals surface area contributed by atoms with Crippen LogP contribution in [0.1, 0.15) is 49.2 Å². The van der Waals surface area contributed by atoms with Crippen molar-refractivity contribution in [2.75, 3.05) is 19.6 Å². The third-order valence-electron chi connectivity index (χ3n) is 8.77. The summed E-state index contributed by atoms with van der Waals surface area (Å²) in [5.41, 5.74) is 19.9. The molecule has 1 aromatic heterocycles. The summed E-state index contributed by atoms with van der Waals surface area (Å²) >= 11 is 5.96. The molecule has 3 rings (SSSR count). The van der Waals surface area contributed by atoms with E-state index >= 15 is 0 Å². The van der Waals surface area contributed by atoms with Crippen LogP contribution in [0.15, 0.2) is 72.9 Å². The highest BCUT2D eigenvalue weighted by atomic mass is 35.5. The quantitative estimate of drug-likeness (QED) is 0.0324. The van der Waals surface area contributed by atoms with E-state index in [-0.39, 0.29) is 25.1 Å². The van der Waals surface area contributed by atoms with Crippen molar-refractivity contribution in [3.63, 3.8) is 0 Å². The van der Waals surface area contributed by atoms with Gasteiger partial charge >= 0.3 is 0 Å². The fraction of sp³-hybridized carbons (Fsp3) is 0.385. The van der Waals surface area contributed by atoms with Gasteiger partial charge in [-0.15, -0.1) is 0 Å². The van der Waals surface area contributed by atoms with Crippen LogP contribution in [0.4, 0.5) is 0 Å². The average Bonchev–Trinajstić information content (AvgIpc) is 3.21. The molecule has 6 atom stereocenters. The van der Waals surface area contributed by atoms with Crippen molar-refractivity contribution in [2.45, 2.75) is 76.0 Å². The molecule has 0 radical (unpaired) electrons. The number of Topliss-reactive ketones (excluding diaryl/α,β-unsaturated/α-hetero) is 1. The first-order valence-corrected chi connectivity index (χ1v) is 19.0. The lowest BCUT2D eigenvalue weighted by molar-refractivity contribution is -0.140. The molecule has 0 aliphatic rings. The maximum atomic E-state index is 13.2. The van der Waals surface area contributed by atoms with E-state index in [2.05, 4.69) is 36.9 Å². The summed E-state index contributed by atoms with van der Waals surface area (Å²) < 4.78 is 0. The number of hydrogen-bond donors (Lipinski definition) is 10. The molecule has 19 heteroatoms. The molecular weight excluding hydrogens is 772 g/mol. The number of aliphatic hydroxyl groups is 1. The van der Waals surface area contributed by atoms with Gasteiger partial charge in [-0.3, -0.25) is 38.5 Å². The number of aromatic nitrogens is 1. The minimum absolute atomic E-state index is 0.0671. The van der Waals surface area contributed by atoms with Gasteiger partial charge in [0.2, 0.25) is 23.5 Å². The Bertz CT molecular complexity index is 1870. The number of carbonyl (C=O) groups excluding carboxylic acids is 7. The SMILES string of the molecule is C[C@H](NC(=O)[C@H](CCCCN)NC(=O)[C@H](N)NC(=O)[C@@H](NC(=O)[C@H](CN)NC(=O)c1ccc(-c2ccc(Cl)cc2)cc1)[C@@H](C)O)C(=O)C(=O)NCCc1ccccn1. The minimum Gasteiger partial charge on any atom is -0.391 e. The summed E-state index contributed by atoms with van der Waals surface area (Å²) in [5.74, 6) is -6.26. The second-order valence-corrected chi connectivity index (χ2v) is 13.8. The third kappa shape index (κ3) is 14.6. The number of amides is 6. The molecule has 0 aliphatic carbocycles. The van der Waals surface area contributed by atoms with Gasteiger partial charge in [0.25, 0.3) is 17.7 Å². The number of pyridine rings is 1. The third-order valence-corrected chi connectivity index (χ3v) is 9.03. The summed E-state index contributed by atoms with van der Waals surface area (Å²) in [4.78, 5) is 95.0. The van der Waals surface area contributed by atoms with Gasteiger partial charge in [0, 0.05) is 42.0 Å². The summed E-state index contributed by atoms with van der Waals surface area (Å²) in [5, 5.41) is 25.3. The number of carbonyl (C=O) groups is 7. The second kappa shape index (κ2) is 23.4. The molecule has 1 heterocycles. The molecule has 58 heavy (non-hydrogen) atoms. The van der Waals surface area contributed by atoms with Gasteiger partial charge in [-0.05, 0) is 87.2 Å². The highest BCUT2D eigenvalue weighted by Crippen LogP contribution is 2.22. The van der Waals surface area contributed by atoms with E-state index in [0.717, 1.165) is 11.1 Å². The van der Waals surface area contributed by atoms with Crippen molar-refractivity contribution in [2.24, 2.45) is 17.2 Å². The first kappa shape index (κ1) is 46.6. The summed E-state index contributed by atoms with van der Waals surface area (Å²) in [6.45, 7) is 2.58. The van der Waals surface area contributed by atoms with Gasteiger partial charge in [0.1, 0.15) is 18.1 Å². The van der Waals surface area contributed by atoms with E-state index < -0.39 is 77.7 Å². The zero-order chi connectivity index (χ0) is 42.8. The monoisotopic (exact) mass is 822 g/mol. The zero-order valence-electron chi connectivity index (χ0n) is 32.2. The lowest BCUT2D eigenvalue weighted by atomic mass is 10.0. The van der Waals surface area contributed by atoms with Crippen molar-refractivity contribution in [1.82, 2.24) is 36.9 Å².